The molecule has 1 fully saturated rings. The third-order valence-electron chi connectivity index (χ3n) is 4.34. The van der Waals surface area contributed by atoms with Gasteiger partial charge < -0.3 is 19.9 Å². The second kappa shape index (κ2) is 10.0. The number of rotatable bonds is 8. The van der Waals surface area contributed by atoms with Gasteiger partial charge in [0.2, 0.25) is 0 Å². The zero-order chi connectivity index (χ0) is 18.2. The maximum Gasteiger partial charge on any atom is 0.406 e. The van der Waals surface area contributed by atoms with E-state index in [-0.39, 0.29) is 6.61 Å². The van der Waals surface area contributed by atoms with E-state index < -0.39 is 6.09 Å². The van der Waals surface area contributed by atoms with E-state index in [1.165, 1.54) is 12.7 Å². The lowest BCUT2D eigenvalue weighted by molar-refractivity contribution is 0.169. The molecule has 1 saturated heterocycles. The Balaban J connectivity index is 2.02. The highest BCUT2D eigenvalue weighted by Gasteiger charge is 2.24. The maximum absolute atomic E-state index is 11.2. The molecule has 1 aliphatic heterocycles. The smallest absolute Gasteiger partial charge is 0.406 e. The molecule has 7 heteroatoms. The van der Waals surface area contributed by atoms with Gasteiger partial charge in [0.25, 0.3) is 0 Å². The van der Waals surface area contributed by atoms with Gasteiger partial charge in [0, 0.05) is 30.6 Å². The van der Waals surface area contributed by atoms with E-state index in [0.29, 0.717) is 12.6 Å². The fourth-order valence-electron chi connectivity index (χ4n) is 2.82. The molecule has 2 N–H and O–H groups in total. The first-order chi connectivity index (χ1) is 12.0. The molecule has 0 aliphatic carbocycles. The number of carbonyl (C=O) groups is 1. The van der Waals surface area contributed by atoms with E-state index in [1.54, 1.807) is 11.9 Å². The van der Waals surface area contributed by atoms with Crippen LogP contribution in [-0.4, -0.2) is 55.0 Å². The van der Waals surface area contributed by atoms with Gasteiger partial charge >= 0.3 is 6.09 Å². The molecule has 6 nitrogen and oxygen atoms in total. The number of aliphatic hydroxyl groups is 1. The number of aliphatic hydroxyl groups excluding tert-OH is 1. The molecule has 0 spiro atoms. The van der Waals surface area contributed by atoms with Crippen LogP contribution < -0.4 is 5.32 Å². The molecule has 2 rings (SSSR count). The second-order valence-electron chi connectivity index (χ2n) is 6.22. The van der Waals surface area contributed by atoms with Gasteiger partial charge in [-0.15, -0.1) is 0 Å². The van der Waals surface area contributed by atoms with Gasteiger partial charge in [-0.3, -0.25) is 0 Å². The number of nitrogens with zero attached hydrogens (tertiary/aromatic N) is 1. The number of aryl methyl sites for hydroxylation is 2. The van der Waals surface area contributed by atoms with Crippen LogP contribution in [0.3, 0.4) is 0 Å². The molecule has 1 aromatic carbocycles. The van der Waals surface area contributed by atoms with E-state index in [0.717, 1.165) is 48.6 Å². The Bertz CT molecular complexity index is 576. The van der Waals surface area contributed by atoms with Crippen molar-refractivity contribution in [3.8, 4) is 0 Å². The highest BCUT2D eigenvalue weighted by molar-refractivity contribution is 7.97. The summed E-state index contributed by atoms with van der Waals surface area (Å²) in [4.78, 5) is 12.3. The average Bonchev–Trinajstić information content (AvgIpc) is 3.13. The Morgan fingerprint density at radius 1 is 1.44 bits per heavy atom. The van der Waals surface area contributed by atoms with Crippen LogP contribution in [0.25, 0.3) is 0 Å². The number of ether oxygens (including phenoxy) is 2. The van der Waals surface area contributed by atoms with Crippen LogP contribution in [0.4, 0.5) is 4.79 Å². The highest BCUT2D eigenvalue weighted by atomic mass is 32.2. The van der Waals surface area contributed by atoms with Gasteiger partial charge in [0.1, 0.15) is 0 Å². The fourth-order valence-corrected chi connectivity index (χ4v) is 4.01. The minimum Gasteiger partial charge on any atom is -0.453 e. The van der Waals surface area contributed by atoms with Crippen molar-refractivity contribution < 1.29 is 19.4 Å². The predicted molar refractivity (Wildman–Crippen MR) is 98.7 cm³/mol. The quantitative estimate of drug-likeness (QED) is 0.543. The van der Waals surface area contributed by atoms with Crippen molar-refractivity contribution in [1.82, 2.24) is 9.62 Å². The fraction of sp³-hybridized carbons (Fsp3) is 0.611. The Morgan fingerprint density at radius 2 is 2.24 bits per heavy atom. The molecule has 0 aromatic heterocycles. The Labute approximate surface area is 154 Å². The number of methoxy groups -OCH3 is 1. The van der Waals surface area contributed by atoms with Gasteiger partial charge in [0.05, 0.1) is 20.3 Å². The zero-order valence-electron chi connectivity index (χ0n) is 15.2. The summed E-state index contributed by atoms with van der Waals surface area (Å²) < 4.78 is 12.5. The van der Waals surface area contributed by atoms with Crippen LogP contribution in [0.1, 0.15) is 29.5 Å². The summed E-state index contributed by atoms with van der Waals surface area (Å²) in [7, 11) is 1.37. The largest absolute Gasteiger partial charge is 0.453 e. The van der Waals surface area contributed by atoms with Crippen LogP contribution in [-0.2, 0) is 16.1 Å². The van der Waals surface area contributed by atoms with E-state index in [1.807, 2.05) is 6.92 Å². The SMILES string of the molecule is COC(=O)NCCCN(Sc1cc(CO)c(C)cc1C)[C@@H]1CCOC1. The molecule has 0 unspecified atom stereocenters. The van der Waals surface area contributed by atoms with Crippen molar-refractivity contribution in [3.63, 3.8) is 0 Å². The van der Waals surface area contributed by atoms with Crippen molar-refractivity contribution in [2.75, 3.05) is 33.4 Å². The number of carbonyl (C=O) groups excluding carboxylic acids is 1. The standard InChI is InChI=1S/C18H28N2O4S/c1-13-9-14(2)17(10-15(13)11-21)25-20(16-5-8-24-12-16)7-4-6-19-18(22)23-3/h9-10,16,21H,4-8,11-12H2,1-3H3,(H,19,22)/t16-/m1/s1. The topological polar surface area (TPSA) is 71.0 Å². The van der Waals surface area contributed by atoms with Gasteiger partial charge in [-0.2, -0.15) is 0 Å². The lowest BCUT2D eigenvalue weighted by Gasteiger charge is -2.27. The molecular formula is C18H28N2O4S. The van der Waals surface area contributed by atoms with Crippen LogP contribution in [0.15, 0.2) is 17.0 Å². The lowest BCUT2D eigenvalue weighted by atomic mass is 10.1. The molecule has 140 valence electrons. The van der Waals surface area contributed by atoms with E-state index in [4.69, 9.17) is 4.74 Å². The Hall–Kier alpha value is -1.28. The number of hydrogen-bond donors (Lipinski definition) is 2. The van der Waals surface area contributed by atoms with Crippen LogP contribution in [0.2, 0.25) is 0 Å². The van der Waals surface area contributed by atoms with E-state index in [2.05, 4.69) is 33.4 Å². The third-order valence-corrected chi connectivity index (χ3v) is 5.69. The summed E-state index contributed by atoms with van der Waals surface area (Å²) >= 11 is 1.71. The van der Waals surface area contributed by atoms with Crippen molar-refractivity contribution in [2.24, 2.45) is 0 Å². The van der Waals surface area contributed by atoms with E-state index >= 15 is 0 Å². The first kappa shape index (κ1) is 20.0. The van der Waals surface area contributed by atoms with Crippen molar-refractivity contribution >= 4 is 18.0 Å². The minimum atomic E-state index is -0.398. The van der Waals surface area contributed by atoms with Crippen LogP contribution >= 0.6 is 11.9 Å². The monoisotopic (exact) mass is 368 g/mol. The average molecular weight is 368 g/mol. The molecule has 0 saturated carbocycles. The minimum absolute atomic E-state index is 0.0509. The summed E-state index contributed by atoms with van der Waals surface area (Å²) in [5.74, 6) is 0. The maximum atomic E-state index is 11.2. The van der Waals surface area contributed by atoms with Gasteiger partial charge in [0.15, 0.2) is 0 Å². The molecule has 1 atom stereocenters. The molecule has 0 radical (unpaired) electrons. The van der Waals surface area contributed by atoms with Crippen LogP contribution in [0, 0.1) is 13.8 Å². The summed E-state index contributed by atoms with van der Waals surface area (Å²) in [6.45, 7) is 7.10. The molecule has 0 bridgehead atoms. The van der Waals surface area contributed by atoms with Gasteiger partial charge in [-0.05, 0) is 61.4 Å². The summed E-state index contributed by atoms with van der Waals surface area (Å²) in [5.41, 5.74) is 3.28. The lowest BCUT2D eigenvalue weighted by Crippen LogP contribution is -2.33. The molecule has 1 aromatic rings. The number of alkyl carbamates (subject to hydrolysis) is 1. The predicted octanol–water partition coefficient (Wildman–Crippen LogP) is 2.64. The number of benzene rings is 1. The number of amides is 1. The van der Waals surface area contributed by atoms with Crippen LogP contribution in [0.5, 0.6) is 0 Å². The van der Waals surface area contributed by atoms with Crippen molar-refractivity contribution in [3.05, 3.63) is 28.8 Å². The summed E-state index contributed by atoms with van der Waals surface area (Å²) in [5, 5.41) is 12.3. The normalized spacial score (nSPS) is 17.1. The van der Waals surface area contributed by atoms with Crippen molar-refractivity contribution in [1.29, 1.82) is 0 Å². The number of hydrogen-bond acceptors (Lipinski definition) is 6. The number of nitrogens with one attached hydrogen (secondary N) is 1. The molecule has 25 heavy (non-hydrogen) atoms. The Kier molecular flexibility index (Phi) is 8.02. The molecule has 1 amide bonds. The first-order valence-corrected chi connectivity index (χ1v) is 9.37. The summed E-state index contributed by atoms with van der Waals surface area (Å²) in [6.07, 6.45) is 1.44. The Morgan fingerprint density at radius 3 is 2.88 bits per heavy atom. The van der Waals surface area contributed by atoms with Crippen molar-refractivity contribution in [2.45, 2.75) is 44.2 Å². The third kappa shape index (κ3) is 5.88. The second-order valence-corrected chi connectivity index (χ2v) is 7.32. The highest BCUT2D eigenvalue weighted by Crippen LogP contribution is 2.32. The molecular weight excluding hydrogens is 340 g/mol. The first-order valence-electron chi connectivity index (χ1n) is 8.60. The molecule has 1 heterocycles. The van der Waals surface area contributed by atoms with Gasteiger partial charge in [-0.1, -0.05) is 6.07 Å². The molecule has 1 aliphatic rings. The zero-order valence-corrected chi connectivity index (χ0v) is 16.0. The van der Waals surface area contributed by atoms with Gasteiger partial charge in [-0.25, -0.2) is 9.10 Å². The summed E-state index contributed by atoms with van der Waals surface area (Å²) in [6, 6.07) is 4.56. The van der Waals surface area contributed by atoms with E-state index in [9.17, 15) is 9.90 Å².